The van der Waals surface area contributed by atoms with Crippen molar-refractivity contribution in [3.05, 3.63) is 35.6 Å². The molecule has 1 heterocycles. The van der Waals surface area contributed by atoms with E-state index in [1.165, 1.54) is 6.92 Å². The standard InChI is InChI=1S/C15H16O3/c1-9(16)10-5-6-12-11(7-10)8-13(18-12)14(17)15(2,3)4/h5-8H,1-4H3. The predicted molar refractivity (Wildman–Crippen MR) is 70.0 cm³/mol. The Morgan fingerprint density at radius 1 is 1.11 bits per heavy atom. The van der Waals surface area contributed by atoms with E-state index in [0.29, 0.717) is 16.9 Å². The molecule has 0 bridgehead atoms. The van der Waals surface area contributed by atoms with Gasteiger partial charge in [-0.05, 0) is 31.2 Å². The van der Waals surface area contributed by atoms with Crippen LogP contribution in [0.2, 0.25) is 0 Å². The molecule has 0 aliphatic heterocycles. The molecule has 94 valence electrons. The smallest absolute Gasteiger partial charge is 0.203 e. The van der Waals surface area contributed by atoms with Crippen LogP contribution in [-0.4, -0.2) is 11.6 Å². The number of furan rings is 1. The largest absolute Gasteiger partial charge is 0.453 e. The summed E-state index contributed by atoms with van der Waals surface area (Å²) in [4.78, 5) is 23.4. The lowest BCUT2D eigenvalue weighted by Crippen LogP contribution is -2.19. The molecule has 0 saturated carbocycles. The third-order valence-corrected chi connectivity index (χ3v) is 2.83. The highest BCUT2D eigenvalue weighted by molar-refractivity contribution is 6.02. The van der Waals surface area contributed by atoms with Gasteiger partial charge in [0.15, 0.2) is 11.5 Å². The van der Waals surface area contributed by atoms with Gasteiger partial charge in [-0.3, -0.25) is 9.59 Å². The van der Waals surface area contributed by atoms with Crippen molar-refractivity contribution in [2.45, 2.75) is 27.7 Å². The zero-order valence-electron chi connectivity index (χ0n) is 11.0. The van der Waals surface area contributed by atoms with Crippen molar-refractivity contribution >= 4 is 22.5 Å². The van der Waals surface area contributed by atoms with Crippen LogP contribution >= 0.6 is 0 Å². The number of carbonyl (C=O) groups is 2. The Bertz CT molecular complexity index is 627. The summed E-state index contributed by atoms with van der Waals surface area (Å²) in [5.41, 5.74) is 0.780. The summed E-state index contributed by atoms with van der Waals surface area (Å²) in [6.45, 7) is 7.07. The molecule has 2 aromatic rings. The quantitative estimate of drug-likeness (QED) is 0.753. The van der Waals surface area contributed by atoms with Crippen LogP contribution in [0.1, 0.15) is 48.6 Å². The van der Waals surface area contributed by atoms with Crippen molar-refractivity contribution in [2.24, 2.45) is 5.41 Å². The summed E-state index contributed by atoms with van der Waals surface area (Å²) in [5, 5.41) is 0.787. The van der Waals surface area contributed by atoms with Crippen molar-refractivity contribution in [3.63, 3.8) is 0 Å². The zero-order valence-corrected chi connectivity index (χ0v) is 11.0. The number of hydrogen-bond acceptors (Lipinski definition) is 3. The first-order chi connectivity index (χ1) is 8.29. The zero-order chi connectivity index (χ0) is 13.5. The molecule has 0 fully saturated rings. The van der Waals surface area contributed by atoms with Crippen LogP contribution < -0.4 is 0 Å². The molecule has 3 nitrogen and oxygen atoms in total. The van der Waals surface area contributed by atoms with Crippen LogP contribution in [-0.2, 0) is 0 Å². The first-order valence-electron chi connectivity index (χ1n) is 5.88. The molecule has 0 radical (unpaired) electrons. The molecule has 0 atom stereocenters. The summed E-state index contributed by atoms with van der Waals surface area (Å²) in [7, 11) is 0. The second-order valence-electron chi connectivity index (χ2n) is 5.50. The summed E-state index contributed by atoms with van der Waals surface area (Å²) >= 11 is 0. The lowest BCUT2D eigenvalue weighted by Gasteiger charge is -2.13. The fraction of sp³-hybridized carbons (Fsp3) is 0.333. The molecular weight excluding hydrogens is 228 g/mol. The molecule has 0 unspecified atom stereocenters. The van der Waals surface area contributed by atoms with Gasteiger partial charge >= 0.3 is 0 Å². The highest BCUT2D eigenvalue weighted by Crippen LogP contribution is 2.26. The van der Waals surface area contributed by atoms with E-state index < -0.39 is 5.41 Å². The maximum atomic E-state index is 12.1. The van der Waals surface area contributed by atoms with Gasteiger partial charge in [0.1, 0.15) is 5.58 Å². The average Bonchev–Trinajstić information content (AvgIpc) is 2.68. The lowest BCUT2D eigenvalue weighted by atomic mass is 9.89. The number of ketones is 2. The molecule has 1 aromatic heterocycles. The highest BCUT2D eigenvalue weighted by atomic mass is 16.3. The predicted octanol–water partition coefficient (Wildman–Crippen LogP) is 3.86. The molecule has 0 saturated heterocycles. The minimum atomic E-state index is -0.475. The fourth-order valence-corrected chi connectivity index (χ4v) is 1.74. The van der Waals surface area contributed by atoms with E-state index in [2.05, 4.69) is 0 Å². The van der Waals surface area contributed by atoms with Crippen LogP contribution in [0, 0.1) is 5.41 Å². The SMILES string of the molecule is CC(=O)c1ccc2oc(C(=O)C(C)(C)C)cc2c1. The first-order valence-corrected chi connectivity index (χ1v) is 5.88. The molecule has 0 N–H and O–H groups in total. The van der Waals surface area contributed by atoms with Gasteiger partial charge in [0.25, 0.3) is 0 Å². The van der Waals surface area contributed by atoms with Crippen molar-refractivity contribution in [2.75, 3.05) is 0 Å². The van der Waals surface area contributed by atoms with E-state index >= 15 is 0 Å². The van der Waals surface area contributed by atoms with Gasteiger partial charge < -0.3 is 4.42 Å². The molecule has 0 aliphatic rings. The minimum Gasteiger partial charge on any atom is -0.453 e. The van der Waals surface area contributed by atoms with Gasteiger partial charge in [-0.15, -0.1) is 0 Å². The Kier molecular flexibility index (Phi) is 2.85. The maximum absolute atomic E-state index is 12.1. The topological polar surface area (TPSA) is 47.3 Å². The van der Waals surface area contributed by atoms with Gasteiger partial charge in [0.2, 0.25) is 5.78 Å². The van der Waals surface area contributed by atoms with E-state index in [9.17, 15) is 9.59 Å². The molecule has 0 aliphatic carbocycles. The van der Waals surface area contributed by atoms with Crippen LogP contribution in [0.15, 0.2) is 28.7 Å². The molecule has 0 spiro atoms. The summed E-state index contributed by atoms with van der Waals surface area (Å²) in [6.07, 6.45) is 0. The second kappa shape index (κ2) is 4.09. The van der Waals surface area contributed by atoms with Gasteiger partial charge in [-0.2, -0.15) is 0 Å². The van der Waals surface area contributed by atoms with E-state index in [-0.39, 0.29) is 11.6 Å². The second-order valence-corrected chi connectivity index (χ2v) is 5.50. The molecule has 1 aromatic carbocycles. The monoisotopic (exact) mass is 244 g/mol. The molecule has 2 rings (SSSR count). The molecule has 3 heteroatoms. The van der Waals surface area contributed by atoms with Crippen LogP contribution in [0.3, 0.4) is 0 Å². The number of rotatable bonds is 2. The van der Waals surface area contributed by atoms with Gasteiger partial charge in [0, 0.05) is 16.4 Å². The van der Waals surface area contributed by atoms with Crippen molar-refractivity contribution in [3.8, 4) is 0 Å². The molecular formula is C15H16O3. The Hall–Kier alpha value is -1.90. The lowest BCUT2D eigenvalue weighted by molar-refractivity contribution is 0.0830. The third kappa shape index (κ3) is 2.21. The number of carbonyl (C=O) groups excluding carboxylic acids is 2. The summed E-state index contributed by atoms with van der Waals surface area (Å²) < 4.78 is 5.53. The Balaban J connectivity index is 2.51. The van der Waals surface area contributed by atoms with Crippen LogP contribution in [0.25, 0.3) is 11.0 Å². The minimum absolute atomic E-state index is 0.00166. The van der Waals surface area contributed by atoms with Crippen molar-refractivity contribution in [1.29, 1.82) is 0 Å². The number of benzene rings is 1. The van der Waals surface area contributed by atoms with Gasteiger partial charge in [0.05, 0.1) is 0 Å². The van der Waals surface area contributed by atoms with Gasteiger partial charge in [-0.25, -0.2) is 0 Å². The normalized spacial score (nSPS) is 11.8. The first kappa shape index (κ1) is 12.6. The third-order valence-electron chi connectivity index (χ3n) is 2.83. The molecule has 0 amide bonds. The van der Waals surface area contributed by atoms with Gasteiger partial charge in [-0.1, -0.05) is 20.8 Å². The van der Waals surface area contributed by atoms with E-state index in [0.717, 1.165) is 5.39 Å². The van der Waals surface area contributed by atoms with E-state index in [1.807, 2.05) is 20.8 Å². The van der Waals surface area contributed by atoms with Crippen molar-refractivity contribution in [1.82, 2.24) is 0 Å². The Morgan fingerprint density at radius 2 is 1.78 bits per heavy atom. The summed E-state index contributed by atoms with van der Waals surface area (Å²) in [5.74, 6) is 0.308. The number of fused-ring (bicyclic) bond motifs is 1. The van der Waals surface area contributed by atoms with Crippen LogP contribution in [0.4, 0.5) is 0 Å². The average molecular weight is 244 g/mol. The van der Waals surface area contributed by atoms with E-state index in [4.69, 9.17) is 4.42 Å². The van der Waals surface area contributed by atoms with Crippen molar-refractivity contribution < 1.29 is 14.0 Å². The summed E-state index contributed by atoms with van der Waals surface area (Å²) in [6, 6.07) is 6.89. The Morgan fingerprint density at radius 3 is 2.33 bits per heavy atom. The molecule has 18 heavy (non-hydrogen) atoms. The maximum Gasteiger partial charge on any atom is 0.203 e. The fourth-order valence-electron chi connectivity index (χ4n) is 1.74. The number of Topliss-reactive ketones (excluding diaryl/α,β-unsaturated/α-hetero) is 2. The highest BCUT2D eigenvalue weighted by Gasteiger charge is 2.26. The number of hydrogen-bond donors (Lipinski definition) is 0. The van der Waals surface area contributed by atoms with Crippen LogP contribution in [0.5, 0.6) is 0 Å². The van der Waals surface area contributed by atoms with E-state index in [1.54, 1.807) is 24.3 Å². The Labute approximate surface area is 106 Å².